The summed E-state index contributed by atoms with van der Waals surface area (Å²) in [6, 6.07) is 12.1. The Morgan fingerprint density at radius 1 is 1.23 bits per heavy atom. The van der Waals surface area contributed by atoms with Gasteiger partial charge in [0, 0.05) is 31.7 Å². The maximum Gasteiger partial charge on any atom is 0.244 e. The SMILES string of the molecule is CNS(=O)(=O)c1cccc(OC[C@@H](O)CNC2COC3(CCN(S(=O)(=O)c4ccc(C#N)cc4Cl)CC3)C2)c1. The van der Waals surface area contributed by atoms with E-state index in [0.29, 0.717) is 37.2 Å². The van der Waals surface area contributed by atoms with Gasteiger partial charge in [-0.2, -0.15) is 9.57 Å². The van der Waals surface area contributed by atoms with Crippen LogP contribution in [0.1, 0.15) is 24.8 Å². The fourth-order valence-corrected chi connectivity index (χ4v) is 7.50. The molecule has 2 aromatic rings. The number of piperidine rings is 1. The molecule has 3 N–H and O–H groups in total. The van der Waals surface area contributed by atoms with Crippen LogP contribution in [0.2, 0.25) is 5.02 Å². The summed E-state index contributed by atoms with van der Waals surface area (Å²) in [5.74, 6) is 0.331. The van der Waals surface area contributed by atoms with Crippen LogP contribution in [0.3, 0.4) is 0 Å². The van der Waals surface area contributed by atoms with E-state index >= 15 is 0 Å². The molecule has 212 valence electrons. The van der Waals surface area contributed by atoms with Crippen LogP contribution < -0.4 is 14.8 Å². The first-order valence-electron chi connectivity index (χ1n) is 12.4. The third kappa shape index (κ3) is 6.90. The molecular formula is C25H31ClN4O7S2. The molecule has 2 aromatic carbocycles. The number of benzene rings is 2. The molecule has 0 amide bonds. The fourth-order valence-electron chi connectivity index (χ4n) is 4.78. The van der Waals surface area contributed by atoms with E-state index in [1.165, 1.54) is 41.7 Å². The molecule has 0 aromatic heterocycles. The van der Waals surface area contributed by atoms with E-state index in [4.69, 9.17) is 26.3 Å². The van der Waals surface area contributed by atoms with Crippen LogP contribution in [-0.4, -0.2) is 83.9 Å². The Kier molecular flexibility index (Phi) is 9.19. The van der Waals surface area contributed by atoms with E-state index < -0.39 is 31.8 Å². The smallest absolute Gasteiger partial charge is 0.244 e. The number of hydrogen-bond acceptors (Lipinski definition) is 9. The van der Waals surface area contributed by atoms with Gasteiger partial charge in [-0.3, -0.25) is 0 Å². The molecule has 0 bridgehead atoms. The first-order valence-corrected chi connectivity index (χ1v) is 15.7. The minimum absolute atomic E-state index is 0.0140. The minimum Gasteiger partial charge on any atom is -0.491 e. The largest absolute Gasteiger partial charge is 0.491 e. The summed E-state index contributed by atoms with van der Waals surface area (Å²) in [5.41, 5.74) is -0.154. The number of nitriles is 1. The lowest BCUT2D eigenvalue weighted by atomic mass is 9.88. The molecule has 11 nitrogen and oxygen atoms in total. The Balaban J connectivity index is 1.24. The monoisotopic (exact) mass is 598 g/mol. The highest BCUT2D eigenvalue weighted by Crippen LogP contribution is 2.38. The molecule has 1 spiro atoms. The lowest BCUT2D eigenvalue weighted by molar-refractivity contribution is -0.0312. The zero-order chi connectivity index (χ0) is 28.3. The van der Waals surface area contributed by atoms with Crippen LogP contribution >= 0.6 is 11.6 Å². The van der Waals surface area contributed by atoms with Gasteiger partial charge in [0.15, 0.2) is 0 Å². The molecule has 2 aliphatic rings. The van der Waals surface area contributed by atoms with Gasteiger partial charge < -0.3 is 19.9 Å². The number of hydrogen-bond donors (Lipinski definition) is 3. The molecule has 0 aliphatic carbocycles. The molecule has 2 saturated heterocycles. The number of halogens is 1. The summed E-state index contributed by atoms with van der Waals surface area (Å²) < 4.78 is 65.5. The van der Waals surface area contributed by atoms with E-state index in [-0.39, 0.29) is 47.1 Å². The van der Waals surface area contributed by atoms with Crippen LogP contribution in [0.25, 0.3) is 0 Å². The van der Waals surface area contributed by atoms with Gasteiger partial charge >= 0.3 is 0 Å². The Labute approximate surface area is 233 Å². The topological polar surface area (TPSA) is 158 Å². The van der Waals surface area contributed by atoms with E-state index in [1.54, 1.807) is 12.1 Å². The van der Waals surface area contributed by atoms with Crippen LogP contribution in [-0.2, 0) is 24.8 Å². The molecule has 1 unspecified atom stereocenters. The zero-order valence-electron chi connectivity index (χ0n) is 21.3. The molecule has 0 radical (unpaired) electrons. The summed E-state index contributed by atoms with van der Waals surface area (Å²) in [6.45, 7) is 1.22. The van der Waals surface area contributed by atoms with Gasteiger partial charge in [0.05, 0.1) is 33.8 Å². The van der Waals surface area contributed by atoms with Crippen LogP contribution in [0.5, 0.6) is 5.75 Å². The van der Waals surface area contributed by atoms with Crippen molar-refractivity contribution in [1.29, 1.82) is 5.26 Å². The number of ether oxygens (including phenoxy) is 2. The first-order chi connectivity index (χ1) is 18.5. The number of aliphatic hydroxyl groups excluding tert-OH is 1. The number of sulfonamides is 2. The minimum atomic E-state index is -3.80. The summed E-state index contributed by atoms with van der Waals surface area (Å²) in [6.07, 6.45) is 0.886. The van der Waals surface area contributed by atoms with Gasteiger partial charge in [-0.1, -0.05) is 17.7 Å². The highest BCUT2D eigenvalue weighted by atomic mass is 35.5. The van der Waals surface area contributed by atoms with E-state index in [9.17, 15) is 21.9 Å². The van der Waals surface area contributed by atoms with Crippen molar-refractivity contribution in [3.05, 3.63) is 53.1 Å². The molecule has 2 heterocycles. The summed E-state index contributed by atoms with van der Waals surface area (Å²) in [7, 11) is -6.07. The van der Waals surface area contributed by atoms with Crippen molar-refractivity contribution in [1.82, 2.24) is 14.3 Å². The highest BCUT2D eigenvalue weighted by Gasteiger charge is 2.45. The van der Waals surface area contributed by atoms with E-state index in [2.05, 4.69) is 10.0 Å². The van der Waals surface area contributed by atoms with E-state index in [1.807, 2.05) is 6.07 Å². The van der Waals surface area contributed by atoms with Gasteiger partial charge in [-0.05, 0) is 56.6 Å². The zero-order valence-corrected chi connectivity index (χ0v) is 23.7. The number of nitrogens with zero attached hydrogens (tertiary/aromatic N) is 2. The lowest BCUT2D eigenvalue weighted by Gasteiger charge is -2.38. The summed E-state index contributed by atoms with van der Waals surface area (Å²) >= 11 is 6.15. The number of nitrogens with one attached hydrogen (secondary N) is 2. The van der Waals surface area contributed by atoms with Gasteiger partial charge in [0.25, 0.3) is 0 Å². The average Bonchev–Trinajstić information content (AvgIpc) is 3.32. The van der Waals surface area contributed by atoms with Crippen LogP contribution in [0, 0.1) is 11.3 Å². The van der Waals surface area contributed by atoms with Crippen molar-refractivity contribution in [3.8, 4) is 11.8 Å². The van der Waals surface area contributed by atoms with Crippen molar-refractivity contribution in [2.24, 2.45) is 0 Å². The Hall–Kier alpha value is -2.28. The summed E-state index contributed by atoms with van der Waals surface area (Å²) in [5, 5.41) is 22.7. The third-order valence-corrected chi connectivity index (χ3v) is 10.8. The van der Waals surface area contributed by atoms with Crippen molar-refractivity contribution in [3.63, 3.8) is 0 Å². The highest BCUT2D eigenvalue weighted by molar-refractivity contribution is 7.89. The fraction of sp³-hybridized carbons (Fsp3) is 0.480. The second kappa shape index (κ2) is 12.1. The first kappa shape index (κ1) is 29.7. The second-order valence-corrected chi connectivity index (χ2v) is 13.8. The van der Waals surface area contributed by atoms with Gasteiger partial charge in [0.2, 0.25) is 20.0 Å². The predicted octanol–water partition coefficient (Wildman–Crippen LogP) is 1.46. The van der Waals surface area contributed by atoms with Crippen molar-refractivity contribution < 1.29 is 31.4 Å². The second-order valence-electron chi connectivity index (χ2n) is 9.61. The number of aliphatic hydroxyl groups is 1. The third-order valence-electron chi connectivity index (χ3n) is 6.99. The predicted molar refractivity (Wildman–Crippen MR) is 143 cm³/mol. The number of rotatable bonds is 10. The standard InChI is InChI=1S/C25H31ClN4O7S2/c1-28-38(32,33)22-4-2-3-21(12-22)36-17-20(31)15-29-19-13-25(37-16-19)7-9-30(10-8-25)39(34,35)24-6-5-18(14-27)11-23(24)26/h2-6,11-12,19-20,28-29,31H,7-10,13,15-17H2,1H3/t19?,20-/m0/s1. The molecule has 14 heteroatoms. The molecule has 2 fully saturated rings. The molecule has 2 aliphatic heterocycles. The van der Waals surface area contributed by atoms with Gasteiger partial charge in [-0.25, -0.2) is 21.6 Å². The Morgan fingerprint density at radius 2 is 1.97 bits per heavy atom. The normalized spacial score (nSPS) is 20.5. The molecule has 0 saturated carbocycles. The van der Waals surface area contributed by atoms with Crippen molar-refractivity contribution >= 4 is 31.6 Å². The quantitative estimate of drug-likeness (QED) is 0.368. The summed E-state index contributed by atoms with van der Waals surface area (Å²) in [4.78, 5) is 0.0555. The maximum atomic E-state index is 13.1. The van der Waals surface area contributed by atoms with Gasteiger partial charge in [0.1, 0.15) is 23.4 Å². The van der Waals surface area contributed by atoms with Crippen molar-refractivity contribution in [2.45, 2.75) is 46.8 Å². The Bertz CT molecular complexity index is 1440. The maximum absolute atomic E-state index is 13.1. The molecular weight excluding hydrogens is 568 g/mol. The van der Waals surface area contributed by atoms with Crippen LogP contribution in [0.4, 0.5) is 0 Å². The van der Waals surface area contributed by atoms with Crippen molar-refractivity contribution in [2.75, 3.05) is 39.9 Å². The molecule has 4 rings (SSSR count). The average molecular weight is 599 g/mol. The van der Waals surface area contributed by atoms with Crippen LogP contribution in [0.15, 0.2) is 52.3 Å². The molecule has 2 atom stereocenters. The lowest BCUT2D eigenvalue weighted by Crippen LogP contribution is -2.47. The van der Waals surface area contributed by atoms with Gasteiger partial charge in [-0.15, -0.1) is 0 Å². The van der Waals surface area contributed by atoms with E-state index in [0.717, 1.165) is 0 Å². The molecule has 39 heavy (non-hydrogen) atoms. The Morgan fingerprint density at radius 3 is 2.64 bits per heavy atom.